The Balaban J connectivity index is 2.49. The number of ether oxygens (including phenoxy) is 1. The number of hydrogen-bond acceptors (Lipinski definition) is 4. The zero-order chi connectivity index (χ0) is 15.6. The lowest BCUT2D eigenvalue weighted by Gasteiger charge is -2.21. The molecule has 0 aliphatic carbocycles. The summed E-state index contributed by atoms with van der Waals surface area (Å²) in [6, 6.07) is 5.91. The maximum absolute atomic E-state index is 6.31. The van der Waals surface area contributed by atoms with Crippen LogP contribution in [0.5, 0.6) is 5.75 Å². The highest BCUT2D eigenvalue weighted by atomic mass is 35.5. The number of methoxy groups -OCH3 is 1. The summed E-state index contributed by atoms with van der Waals surface area (Å²) in [5.74, 6) is 6.62. The Kier molecular flexibility index (Phi) is 4.88. The van der Waals surface area contributed by atoms with Crippen LogP contribution < -0.4 is 16.0 Å². The highest BCUT2D eigenvalue weighted by Gasteiger charge is 2.23. The van der Waals surface area contributed by atoms with E-state index in [1.807, 2.05) is 29.8 Å². The summed E-state index contributed by atoms with van der Waals surface area (Å²) in [6.07, 6.45) is 1.65. The third-order valence-corrected chi connectivity index (χ3v) is 3.76. The molecule has 1 aromatic heterocycles. The Morgan fingerprint density at radius 3 is 2.62 bits per heavy atom. The third kappa shape index (κ3) is 3.05. The van der Waals surface area contributed by atoms with Crippen molar-refractivity contribution in [3.05, 3.63) is 46.2 Å². The number of benzene rings is 1. The van der Waals surface area contributed by atoms with Crippen molar-refractivity contribution in [1.29, 1.82) is 0 Å². The van der Waals surface area contributed by atoms with Gasteiger partial charge in [0.05, 0.1) is 30.1 Å². The van der Waals surface area contributed by atoms with E-state index in [9.17, 15) is 0 Å². The van der Waals surface area contributed by atoms with Crippen molar-refractivity contribution in [2.24, 2.45) is 5.84 Å². The number of nitrogens with zero attached hydrogens (tertiary/aromatic N) is 2. The number of hydrogen-bond donors (Lipinski definition) is 2. The van der Waals surface area contributed by atoms with E-state index in [1.165, 1.54) is 0 Å². The first-order chi connectivity index (χ1) is 9.99. The second-order valence-electron chi connectivity index (χ2n) is 5.24. The van der Waals surface area contributed by atoms with Crippen molar-refractivity contribution >= 4 is 11.6 Å². The van der Waals surface area contributed by atoms with Crippen LogP contribution >= 0.6 is 11.6 Å². The number of hydrazine groups is 1. The molecular formula is C15H21ClN4O. The first kappa shape index (κ1) is 15.8. The fraction of sp³-hybridized carbons (Fsp3) is 0.400. The largest absolute Gasteiger partial charge is 0.496 e. The lowest BCUT2D eigenvalue weighted by atomic mass is 10.0. The molecule has 0 aliphatic rings. The predicted octanol–water partition coefficient (Wildman–Crippen LogP) is 2.99. The molecule has 0 spiro atoms. The molecule has 0 fully saturated rings. The smallest absolute Gasteiger partial charge is 0.121 e. The third-order valence-electron chi connectivity index (χ3n) is 3.47. The van der Waals surface area contributed by atoms with Gasteiger partial charge in [-0.15, -0.1) is 0 Å². The van der Waals surface area contributed by atoms with Crippen LogP contribution in [0.3, 0.4) is 0 Å². The molecule has 0 saturated carbocycles. The van der Waals surface area contributed by atoms with Crippen LogP contribution in [0.25, 0.3) is 0 Å². The van der Waals surface area contributed by atoms with Gasteiger partial charge in [0.15, 0.2) is 0 Å². The molecule has 0 bridgehead atoms. The summed E-state index contributed by atoms with van der Waals surface area (Å²) in [5.41, 5.74) is 5.75. The first-order valence-electron chi connectivity index (χ1n) is 6.83. The highest BCUT2D eigenvalue weighted by molar-refractivity contribution is 6.31. The SMILES string of the molecule is COc1ccc(C(NN)c2c(Cl)cnn2C(C)C)cc1C. The van der Waals surface area contributed by atoms with Crippen molar-refractivity contribution in [3.8, 4) is 5.75 Å². The lowest BCUT2D eigenvalue weighted by Crippen LogP contribution is -2.31. The van der Waals surface area contributed by atoms with E-state index in [2.05, 4.69) is 24.4 Å². The van der Waals surface area contributed by atoms with Crippen LogP contribution in [0, 0.1) is 6.92 Å². The molecule has 0 saturated heterocycles. The van der Waals surface area contributed by atoms with Crippen molar-refractivity contribution in [1.82, 2.24) is 15.2 Å². The van der Waals surface area contributed by atoms with E-state index in [-0.39, 0.29) is 12.1 Å². The Morgan fingerprint density at radius 1 is 1.38 bits per heavy atom. The van der Waals surface area contributed by atoms with Gasteiger partial charge < -0.3 is 4.74 Å². The maximum Gasteiger partial charge on any atom is 0.121 e. The van der Waals surface area contributed by atoms with Crippen LogP contribution in [0.4, 0.5) is 0 Å². The average Bonchev–Trinajstić information content (AvgIpc) is 2.82. The molecule has 5 nitrogen and oxygen atoms in total. The fourth-order valence-electron chi connectivity index (χ4n) is 2.45. The molecule has 0 amide bonds. The van der Waals surface area contributed by atoms with Crippen molar-refractivity contribution in [2.75, 3.05) is 7.11 Å². The van der Waals surface area contributed by atoms with E-state index < -0.39 is 0 Å². The average molecular weight is 309 g/mol. The molecular weight excluding hydrogens is 288 g/mol. The monoisotopic (exact) mass is 308 g/mol. The van der Waals surface area contributed by atoms with Gasteiger partial charge in [-0.2, -0.15) is 5.10 Å². The maximum atomic E-state index is 6.31. The number of aromatic nitrogens is 2. The van der Waals surface area contributed by atoms with E-state index in [0.29, 0.717) is 5.02 Å². The second-order valence-corrected chi connectivity index (χ2v) is 5.65. The summed E-state index contributed by atoms with van der Waals surface area (Å²) in [4.78, 5) is 0. The van der Waals surface area contributed by atoms with Crippen LogP contribution in [-0.2, 0) is 0 Å². The molecule has 1 unspecified atom stereocenters. The van der Waals surface area contributed by atoms with E-state index in [1.54, 1.807) is 13.3 Å². The zero-order valence-electron chi connectivity index (χ0n) is 12.7. The van der Waals surface area contributed by atoms with Gasteiger partial charge in [-0.1, -0.05) is 23.7 Å². The Hall–Kier alpha value is -1.56. The van der Waals surface area contributed by atoms with Crippen LogP contribution in [0.1, 0.15) is 42.8 Å². The lowest BCUT2D eigenvalue weighted by molar-refractivity contribution is 0.411. The Labute approximate surface area is 130 Å². The molecule has 21 heavy (non-hydrogen) atoms. The Morgan fingerprint density at radius 2 is 2.10 bits per heavy atom. The van der Waals surface area contributed by atoms with Gasteiger partial charge >= 0.3 is 0 Å². The number of nitrogens with one attached hydrogen (secondary N) is 1. The second kappa shape index (κ2) is 6.47. The van der Waals surface area contributed by atoms with Gasteiger partial charge in [0.1, 0.15) is 5.75 Å². The van der Waals surface area contributed by atoms with Crippen LogP contribution in [0.2, 0.25) is 5.02 Å². The van der Waals surface area contributed by atoms with E-state index in [4.69, 9.17) is 22.2 Å². The van der Waals surface area contributed by atoms with Gasteiger partial charge in [-0.25, -0.2) is 5.43 Å². The molecule has 2 rings (SSSR count). The summed E-state index contributed by atoms with van der Waals surface area (Å²) >= 11 is 6.31. The fourth-order valence-corrected chi connectivity index (χ4v) is 2.69. The minimum absolute atomic E-state index is 0.197. The van der Waals surface area contributed by atoms with Crippen molar-refractivity contribution < 1.29 is 4.74 Å². The minimum Gasteiger partial charge on any atom is -0.496 e. The van der Waals surface area contributed by atoms with Gasteiger partial charge in [0.2, 0.25) is 0 Å². The standard InChI is InChI=1S/C15H21ClN4O/c1-9(2)20-15(12(16)8-18-20)14(19-17)11-5-6-13(21-4)10(3)7-11/h5-9,14,19H,17H2,1-4H3. The van der Waals surface area contributed by atoms with E-state index >= 15 is 0 Å². The molecule has 1 aromatic carbocycles. The van der Waals surface area contributed by atoms with Gasteiger partial charge in [0.25, 0.3) is 0 Å². The summed E-state index contributed by atoms with van der Waals surface area (Å²) in [6.45, 7) is 6.11. The summed E-state index contributed by atoms with van der Waals surface area (Å²) < 4.78 is 7.18. The van der Waals surface area contributed by atoms with Gasteiger partial charge in [0, 0.05) is 6.04 Å². The highest BCUT2D eigenvalue weighted by Crippen LogP contribution is 2.31. The Bertz CT molecular complexity index is 624. The molecule has 2 aromatic rings. The zero-order valence-corrected chi connectivity index (χ0v) is 13.5. The molecule has 0 radical (unpaired) electrons. The summed E-state index contributed by atoms with van der Waals surface area (Å²) in [7, 11) is 1.66. The minimum atomic E-state index is -0.230. The molecule has 6 heteroatoms. The molecule has 1 atom stereocenters. The molecule has 1 heterocycles. The first-order valence-corrected chi connectivity index (χ1v) is 7.21. The number of rotatable bonds is 5. The van der Waals surface area contributed by atoms with Gasteiger partial charge in [-0.05, 0) is 38.0 Å². The van der Waals surface area contributed by atoms with Crippen LogP contribution in [-0.4, -0.2) is 16.9 Å². The molecule has 114 valence electrons. The normalized spacial score (nSPS) is 12.7. The van der Waals surface area contributed by atoms with Crippen molar-refractivity contribution in [2.45, 2.75) is 32.9 Å². The number of halogens is 1. The van der Waals surface area contributed by atoms with Gasteiger partial charge in [-0.3, -0.25) is 10.5 Å². The summed E-state index contributed by atoms with van der Waals surface area (Å²) in [5, 5.41) is 4.93. The van der Waals surface area contributed by atoms with E-state index in [0.717, 1.165) is 22.6 Å². The van der Waals surface area contributed by atoms with Crippen LogP contribution in [0.15, 0.2) is 24.4 Å². The van der Waals surface area contributed by atoms with Crippen molar-refractivity contribution in [3.63, 3.8) is 0 Å². The molecule has 0 aliphatic heterocycles. The topological polar surface area (TPSA) is 65.1 Å². The quantitative estimate of drug-likeness (QED) is 0.658. The number of aryl methyl sites for hydroxylation is 1. The molecule has 3 N–H and O–H groups in total. The number of nitrogens with two attached hydrogens (primary N) is 1. The predicted molar refractivity (Wildman–Crippen MR) is 84.5 cm³/mol.